The molecule has 46 heavy (non-hydrogen) atoms. The van der Waals surface area contributed by atoms with Gasteiger partial charge in [0.2, 0.25) is 5.91 Å². The highest BCUT2D eigenvalue weighted by molar-refractivity contribution is 6.30. The second kappa shape index (κ2) is 15.1. The normalized spacial score (nSPS) is 16.2. The molecular weight excluding hydrogens is 614 g/mol. The summed E-state index contributed by atoms with van der Waals surface area (Å²) in [6.45, 7) is 1.99. The Balaban J connectivity index is 1.45. The van der Waals surface area contributed by atoms with Gasteiger partial charge in [-0.25, -0.2) is 9.59 Å². The fourth-order valence-corrected chi connectivity index (χ4v) is 5.24. The molecule has 0 saturated heterocycles. The van der Waals surface area contributed by atoms with Gasteiger partial charge in [-0.05, 0) is 72.7 Å². The van der Waals surface area contributed by atoms with E-state index in [1.54, 1.807) is 55.6 Å². The van der Waals surface area contributed by atoms with Crippen LogP contribution in [-0.4, -0.2) is 68.1 Å². The minimum Gasteiger partial charge on any atom is -0.464 e. The standard InChI is InChI=1S/C31H32ClN9O5/c1-3-46-30(43)25-7-5-4-6-24(37-29(42)13-8-19-14-21(32)9-12-28(19)41-18-34-39-40-41)27-15-20(17-33-38-27)23-11-10-22(16-26(23)36-25)35-31(44)45-2/h8-18,24-25,36H,3-7H2,1-2H3,(H,35,44)(H,37,42)/b13-8+/t24?,25-/m1/s1. The lowest BCUT2D eigenvalue weighted by molar-refractivity contribution is -0.144. The van der Waals surface area contributed by atoms with Crippen molar-refractivity contribution in [2.24, 2.45) is 0 Å². The number of nitrogens with one attached hydrogen (secondary N) is 3. The molecule has 15 heteroatoms. The third-order valence-electron chi connectivity index (χ3n) is 7.25. The predicted molar refractivity (Wildman–Crippen MR) is 170 cm³/mol. The summed E-state index contributed by atoms with van der Waals surface area (Å²) in [7, 11) is 1.28. The molecule has 4 aromatic rings. The van der Waals surface area contributed by atoms with Gasteiger partial charge in [0.25, 0.3) is 0 Å². The van der Waals surface area contributed by atoms with Gasteiger partial charge >= 0.3 is 12.1 Å². The first-order valence-electron chi connectivity index (χ1n) is 14.6. The summed E-state index contributed by atoms with van der Waals surface area (Å²) >= 11 is 6.23. The molecule has 14 nitrogen and oxygen atoms in total. The molecule has 0 aliphatic carbocycles. The number of hydrogen-bond acceptors (Lipinski definition) is 11. The molecule has 0 radical (unpaired) electrons. The van der Waals surface area contributed by atoms with Crippen molar-refractivity contribution in [2.45, 2.75) is 44.7 Å². The molecule has 3 N–H and O–H groups in total. The van der Waals surface area contributed by atoms with E-state index in [9.17, 15) is 14.4 Å². The molecule has 5 rings (SSSR count). The third kappa shape index (κ3) is 8.01. The summed E-state index contributed by atoms with van der Waals surface area (Å²) in [5, 5.41) is 29.4. The Hall–Kier alpha value is -5.37. The maximum Gasteiger partial charge on any atom is 0.411 e. The van der Waals surface area contributed by atoms with E-state index in [0.29, 0.717) is 70.2 Å². The summed E-state index contributed by atoms with van der Waals surface area (Å²) in [4.78, 5) is 38.1. The number of rotatable bonds is 7. The van der Waals surface area contributed by atoms with E-state index in [4.69, 9.17) is 21.1 Å². The van der Waals surface area contributed by atoms with Crippen LogP contribution in [0.5, 0.6) is 0 Å². The number of methoxy groups -OCH3 is 1. The van der Waals surface area contributed by atoms with Crippen molar-refractivity contribution in [3.05, 3.63) is 77.3 Å². The molecule has 0 saturated carbocycles. The van der Waals surface area contributed by atoms with E-state index in [2.05, 4.69) is 41.7 Å². The predicted octanol–water partition coefficient (Wildman–Crippen LogP) is 4.74. The van der Waals surface area contributed by atoms with E-state index in [-0.39, 0.29) is 18.5 Å². The molecular formula is C31H32ClN9O5. The maximum atomic E-state index is 13.3. The lowest BCUT2D eigenvalue weighted by Crippen LogP contribution is -2.32. The molecule has 2 amide bonds. The Kier molecular flexibility index (Phi) is 10.5. The van der Waals surface area contributed by atoms with Crippen LogP contribution in [0.1, 0.15) is 49.9 Å². The number of carbonyl (C=O) groups excluding carboxylic acids is 3. The van der Waals surface area contributed by atoms with Gasteiger partial charge < -0.3 is 20.1 Å². The van der Waals surface area contributed by atoms with Crippen molar-refractivity contribution in [1.29, 1.82) is 0 Å². The number of nitrogens with zero attached hydrogens (tertiary/aromatic N) is 6. The lowest BCUT2D eigenvalue weighted by Gasteiger charge is -2.24. The van der Waals surface area contributed by atoms with Crippen molar-refractivity contribution < 1.29 is 23.9 Å². The van der Waals surface area contributed by atoms with E-state index in [0.717, 1.165) is 0 Å². The Morgan fingerprint density at radius 3 is 2.74 bits per heavy atom. The zero-order valence-corrected chi connectivity index (χ0v) is 25.9. The fraction of sp³-hybridized carbons (Fsp3) is 0.290. The number of tetrazole rings is 1. The van der Waals surface area contributed by atoms with E-state index in [1.165, 1.54) is 24.2 Å². The number of ether oxygens (including phenoxy) is 2. The summed E-state index contributed by atoms with van der Waals surface area (Å²) in [5.74, 6) is -0.737. The van der Waals surface area contributed by atoms with Gasteiger partial charge in [0.1, 0.15) is 12.4 Å². The Morgan fingerprint density at radius 2 is 1.96 bits per heavy atom. The van der Waals surface area contributed by atoms with Crippen molar-refractivity contribution in [1.82, 2.24) is 35.7 Å². The first-order valence-corrected chi connectivity index (χ1v) is 15.0. The smallest absolute Gasteiger partial charge is 0.411 e. The van der Waals surface area contributed by atoms with Gasteiger partial charge in [-0.1, -0.05) is 30.5 Å². The number of halogens is 1. The lowest BCUT2D eigenvalue weighted by atomic mass is 9.97. The van der Waals surface area contributed by atoms with Crippen molar-refractivity contribution in [3.8, 4) is 16.8 Å². The first kappa shape index (κ1) is 32.0. The topological polar surface area (TPSA) is 175 Å². The van der Waals surface area contributed by atoms with Crippen LogP contribution in [-0.2, 0) is 19.1 Å². The third-order valence-corrected chi connectivity index (χ3v) is 7.48. The molecule has 2 bridgehead atoms. The van der Waals surface area contributed by atoms with Gasteiger partial charge in [0, 0.05) is 39.2 Å². The van der Waals surface area contributed by atoms with Gasteiger partial charge in [0.15, 0.2) is 0 Å². The minimum absolute atomic E-state index is 0.236. The van der Waals surface area contributed by atoms with Crippen LogP contribution in [0.25, 0.3) is 22.9 Å². The number of amides is 2. The SMILES string of the molecule is CCOC(=O)[C@H]1CCCCC(NC(=O)/C=C/c2cc(Cl)ccc2-n2cnnn2)c2cc(cnn2)-c2ccc(NC(=O)OC)cc2N1. The minimum atomic E-state index is -0.649. The van der Waals surface area contributed by atoms with E-state index < -0.39 is 18.2 Å². The number of fused-ring (bicyclic) bond motifs is 4. The largest absolute Gasteiger partial charge is 0.464 e. The van der Waals surface area contributed by atoms with Crippen molar-refractivity contribution in [2.75, 3.05) is 24.4 Å². The number of carbonyl (C=O) groups is 3. The number of aromatic nitrogens is 6. The van der Waals surface area contributed by atoms with Crippen molar-refractivity contribution in [3.63, 3.8) is 0 Å². The molecule has 238 valence electrons. The van der Waals surface area contributed by atoms with Crippen LogP contribution in [0.15, 0.2) is 61.1 Å². The number of anilines is 2. The summed E-state index contributed by atoms with van der Waals surface area (Å²) < 4.78 is 11.6. The van der Waals surface area contributed by atoms with Crippen LogP contribution in [0, 0.1) is 0 Å². The van der Waals surface area contributed by atoms with Crippen LogP contribution < -0.4 is 16.0 Å². The monoisotopic (exact) mass is 645 g/mol. The average Bonchev–Trinajstić information content (AvgIpc) is 3.59. The van der Waals surface area contributed by atoms with Gasteiger partial charge in [-0.15, -0.1) is 5.10 Å². The zero-order chi connectivity index (χ0) is 32.5. The molecule has 2 aromatic carbocycles. The number of benzene rings is 2. The van der Waals surface area contributed by atoms with Gasteiger partial charge in [-0.2, -0.15) is 14.9 Å². The average molecular weight is 646 g/mol. The Bertz CT molecular complexity index is 1730. The van der Waals surface area contributed by atoms with Gasteiger partial charge in [-0.3, -0.25) is 10.1 Å². The van der Waals surface area contributed by atoms with Crippen LogP contribution in [0.3, 0.4) is 0 Å². The highest BCUT2D eigenvalue weighted by atomic mass is 35.5. The summed E-state index contributed by atoms with van der Waals surface area (Å²) in [5.41, 5.74) is 4.32. The Morgan fingerprint density at radius 1 is 1.11 bits per heavy atom. The number of hydrogen-bond donors (Lipinski definition) is 3. The van der Waals surface area contributed by atoms with Crippen molar-refractivity contribution >= 4 is 47.0 Å². The second-order valence-electron chi connectivity index (χ2n) is 10.3. The molecule has 2 aromatic heterocycles. The fourth-order valence-electron chi connectivity index (χ4n) is 5.06. The maximum absolute atomic E-state index is 13.3. The van der Waals surface area contributed by atoms with Crippen LogP contribution in [0.2, 0.25) is 5.02 Å². The van der Waals surface area contributed by atoms with Crippen LogP contribution in [0.4, 0.5) is 16.2 Å². The summed E-state index contributed by atoms with van der Waals surface area (Å²) in [6.07, 6.45) is 7.83. The highest BCUT2D eigenvalue weighted by Gasteiger charge is 2.24. The molecule has 1 aliphatic heterocycles. The van der Waals surface area contributed by atoms with Crippen LogP contribution >= 0.6 is 11.6 Å². The molecule has 3 heterocycles. The molecule has 1 unspecified atom stereocenters. The van der Waals surface area contributed by atoms with Gasteiger partial charge in [0.05, 0.1) is 37.3 Å². The van der Waals surface area contributed by atoms with E-state index >= 15 is 0 Å². The van der Waals surface area contributed by atoms with E-state index in [1.807, 2.05) is 6.07 Å². The summed E-state index contributed by atoms with van der Waals surface area (Å²) in [6, 6.07) is 11.1. The highest BCUT2D eigenvalue weighted by Crippen LogP contribution is 2.34. The molecule has 0 fully saturated rings. The molecule has 1 aliphatic rings. The second-order valence-corrected chi connectivity index (χ2v) is 10.8. The first-order chi connectivity index (χ1) is 22.3. The quantitative estimate of drug-likeness (QED) is 0.187. The number of esters is 1. The zero-order valence-electron chi connectivity index (χ0n) is 25.1. The molecule has 2 atom stereocenters. The Labute approximate surface area is 269 Å². The molecule has 0 spiro atoms.